The number of aromatic amines is 1. The molecule has 2 aromatic heterocycles. The van der Waals surface area contributed by atoms with Crippen molar-refractivity contribution < 1.29 is 9.18 Å². The smallest absolute Gasteiger partial charge is 0.252 e. The molecule has 0 radical (unpaired) electrons. The van der Waals surface area contributed by atoms with Gasteiger partial charge in [0.25, 0.3) is 5.91 Å². The minimum atomic E-state index is -0.253. The Morgan fingerprint density at radius 3 is 2.81 bits per heavy atom. The Morgan fingerprint density at radius 1 is 1.15 bits per heavy atom. The van der Waals surface area contributed by atoms with Crippen LogP contribution in [-0.2, 0) is 6.42 Å². The number of hydrogen-bond acceptors (Lipinski definition) is 2. The maximum absolute atomic E-state index is 14.1. The van der Waals surface area contributed by atoms with E-state index >= 15 is 0 Å². The van der Waals surface area contributed by atoms with E-state index in [1.807, 2.05) is 38.1 Å². The zero-order chi connectivity index (χ0) is 19.0. The summed E-state index contributed by atoms with van der Waals surface area (Å²) >= 11 is 0. The number of rotatable bonds is 4. The molecule has 0 fully saturated rings. The molecule has 1 amide bonds. The molecule has 0 aliphatic rings. The summed E-state index contributed by atoms with van der Waals surface area (Å²) < 4.78 is 14.1. The highest BCUT2D eigenvalue weighted by molar-refractivity contribution is 6.06. The third-order valence-corrected chi connectivity index (χ3v) is 4.98. The Kier molecular flexibility index (Phi) is 4.36. The molecule has 0 aliphatic heterocycles. The molecule has 2 heterocycles. The first-order valence-corrected chi connectivity index (χ1v) is 8.94. The number of amides is 1. The molecule has 0 saturated heterocycles. The highest BCUT2D eigenvalue weighted by Crippen LogP contribution is 2.27. The van der Waals surface area contributed by atoms with Gasteiger partial charge in [-0.1, -0.05) is 24.3 Å². The fraction of sp³-hybridized carbons (Fsp3) is 0.182. The van der Waals surface area contributed by atoms with Crippen molar-refractivity contribution in [3.63, 3.8) is 0 Å². The van der Waals surface area contributed by atoms with Gasteiger partial charge in [-0.25, -0.2) is 4.39 Å². The van der Waals surface area contributed by atoms with Gasteiger partial charge in [0.2, 0.25) is 0 Å². The summed E-state index contributed by atoms with van der Waals surface area (Å²) in [4.78, 5) is 20.1. The maximum atomic E-state index is 14.1. The molecule has 5 heteroatoms. The number of H-pyrrole nitrogens is 1. The van der Waals surface area contributed by atoms with Crippen LogP contribution >= 0.6 is 0 Å². The minimum Gasteiger partial charge on any atom is -0.356 e. The molecule has 0 saturated carbocycles. The van der Waals surface area contributed by atoms with Crippen molar-refractivity contribution in [2.75, 3.05) is 6.54 Å². The quantitative estimate of drug-likeness (QED) is 0.564. The monoisotopic (exact) mass is 361 g/mol. The van der Waals surface area contributed by atoms with Crippen molar-refractivity contribution in [1.29, 1.82) is 0 Å². The minimum absolute atomic E-state index is 0.131. The van der Waals surface area contributed by atoms with E-state index in [1.165, 1.54) is 6.07 Å². The highest BCUT2D eigenvalue weighted by Gasteiger charge is 2.15. The lowest BCUT2D eigenvalue weighted by atomic mass is 10.0. The largest absolute Gasteiger partial charge is 0.356 e. The molecule has 0 aliphatic carbocycles. The predicted molar refractivity (Wildman–Crippen MR) is 106 cm³/mol. The Labute approximate surface area is 156 Å². The van der Waals surface area contributed by atoms with E-state index in [9.17, 15) is 9.18 Å². The topological polar surface area (TPSA) is 57.8 Å². The fourth-order valence-corrected chi connectivity index (χ4v) is 3.65. The number of aromatic nitrogens is 2. The first-order chi connectivity index (χ1) is 13.1. The van der Waals surface area contributed by atoms with Crippen LogP contribution in [0.3, 0.4) is 0 Å². The first-order valence-electron chi connectivity index (χ1n) is 8.94. The SMILES string of the molecule is Cc1[nH]c2c(F)ccc(C)c2c1CCNC(=O)c1ccnc2ccccc12. The van der Waals surface area contributed by atoms with Crippen molar-refractivity contribution in [3.05, 3.63) is 76.9 Å². The standard InChI is InChI=1S/C22H20FN3O/c1-13-7-8-18(23)21-20(13)15(14(2)26-21)9-12-25-22(27)17-10-11-24-19-6-4-3-5-16(17)19/h3-8,10-11,26H,9,12H2,1-2H3,(H,25,27). The van der Waals surface area contributed by atoms with Crippen LogP contribution in [0.4, 0.5) is 4.39 Å². The lowest BCUT2D eigenvalue weighted by Crippen LogP contribution is -2.26. The number of para-hydroxylation sites is 1. The molecule has 0 unspecified atom stereocenters. The van der Waals surface area contributed by atoms with Gasteiger partial charge >= 0.3 is 0 Å². The molecule has 2 N–H and O–H groups in total. The molecule has 0 bridgehead atoms. The summed E-state index contributed by atoms with van der Waals surface area (Å²) in [5.41, 5.74) is 4.94. The normalized spacial score (nSPS) is 11.2. The number of nitrogens with one attached hydrogen (secondary N) is 2. The van der Waals surface area contributed by atoms with E-state index in [2.05, 4.69) is 15.3 Å². The van der Waals surface area contributed by atoms with Crippen LogP contribution in [0.15, 0.2) is 48.7 Å². The number of carbonyl (C=O) groups excluding carboxylic acids is 1. The van der Waals surface area contributed by atoms with Gasteiger partial charge in [-0.3, -0.25) is 9.78 Å². The second-order valence-corrected chi connectivity index (χ2v) is 6.72. The van der Waals surface area contributed by atoms with E-state index in [0.717, 1.165) is 33.1 Å². The van der Waals surface area contributed by atoms with Crippen molar-refractivity contribution in [2.45, 2.75) is 20.3 Å². The van der Waals surface area contributed by atoms with Gasteiger partial charge in [0.15, 0.2) is 0 Å². The highest BCUT2D eigenvalue weighted by atomic mass is 19.1. The zero-order valence-corrected chi connectivity index (χ0v) is 15.3. The number of halogens is 1. The lowest BCUT2D eigenvalue weighted by Gasteiger charge is -2.09. The Bertz CT molecular complexity index is 1160. The van der Waals surface area contributed by atoms with E-state index < -0.39 is 0 Å². The van der Waals surface area contributed by atoms with Crippen LogP contribution in [0, 0.1) is 19.7 Å². The summed E-state index contributed by atoms with van der Waals surface area (Å²) in [6, 6.07) is 12.6. The number of pyridine rings is 1. The molecule has 27 heavy (non-hydrogen) atoms. The lowest BCUT2D eigenvalue weighted by molar-refractivity contribution is 0.0955. The Balaban J connectivity index is 1.55. The maximum Gasteiger partial charge on any atom is 0.252 e. The van der Waals surface area contributed by atoms with Gasteiger partial charge in [-0.05, 0) is 49.6 Å². The summed E-state index contributed by atoms with van der Waals surface area (Å²) in [5.74, 6) is -0.383. The van der Waals surface area contributed by atoms with Crippen molar-refractivity contribution in [1.82, 2.24) is 15.3 Å². The molecule has 2 aromatic carbocycles. The van der Waals surface area contributed by atoms with Crippen LogP contribution in [0.2, 0.25) is 0 Å². The predicted octanol–water partition coefficient (Wildman–Crippen LogP) is 4.44. The molecule has 4 rings (SSSR count). The number of carbonyl (C=O) groups is 1. The number of benzene rings is 2. The third-order valence-electron chi connectivity index (χ3n) is 4.98. The van der Waals surface area contributed by atoms with Crippen molar-refractivity contribution in [2.24, 2.45) is 0 Å². The van der Waals surface area contributed by atoms with Crippen LogP contribution in [0.5, 0.6) is 0 Å². The number of nitrogens with zero attached hydrogens (tertiary/aromatic N) is 1. The fourth-order valence-electron chi connectivity index (χ4n) is 3.65. The summed E-state index contributed by atoms with van der Waals surface area (Å²) in [7, 11) is 0. The van der Waals surface area contributed by atoms with Gasteiger partial charge in [-0.15, -0.1) is 0 Å². The molecule has 0 spiro atoms. The second-order valence-electron chi connectivity index (χ2n) is 6.72. The number of fused-ring (bicyclic) bond motifs is 2. The molecule has 0 atom stereocenters. The average Bonchev–Trinajstić information content (AvgIpc) is 3.02. The van der Waals surface area contributed by atoms with Crippen LogP contribution in [-0.4, -0.2) is 22.4 Å². The Hall–Kier alpha value is -3.21. The van der Waals surface area contributed by atoms with E-state index in [-0.39, 0.29) is 11.7 Å². The van der Waals surface area contributed by atoms with Crippen molar-refractivity contribution >= 4 is 27.7 Å². The van der Waals surface area contributed by atoms with Crippen LogP contribution in [0.1, 0.15) is 27.2 Å². The third kappa shape index (κ3) is 3.05. The van der Waals surface area contributed by atoms with Crippen LogP contribution in [0.25, 0.3) is 21.8 Å². The van der Waals surface area contributed by atoms with Gasteiger partial charge in [0, 0.05) is 29.2 Å². The number of hydrogen-bond donors (Lipinski definition) is 2. The van der Waals surface area contributed by atoms with Crippen LogP contribution < -0.4 is 5.32 Å². The van der Waals surface area contributed by atoms with E-state index in [1.54, 1.807) is 18.3 Å². The molecular weight excluding hydrogens is 341 g/mol. The van der Waals surface area contributed by atoms with Gasteiger partial charge in [-0.2, -0.15) is 0 Å². The second kappa shape index (κ2) is 6.83. The molecule has 4 nitrogen and oxygen atoms in total. The van der Waals surface area contributed by atoms with Gasteiger partial charge in [0.1, 0.15) is 5.82 Å². The van der Waals surface area contributed by atoms with Gasteiger partial charge in [0.05, 0.1) is 16.6 Å². The summed E-state index contributed by atoms with van der Waals surface area (Å²) in [6.07, 6.45) is 2.28. The average molecular weight is 361 g/mol. The van der Waals surface area contributed by atoms with E-state index in [0.29, 0.717) is 24.0 Å². The van der Waals surface area contributed by atoms with Crippen molar-refractivity contribution in [3.8, 4) is 0 Å². The molecular formula is C22H20FN3O. The van der Waals surface area contributed by atoms with E-state index in [4.69, 9.17) is 0 Å². The summed E-state index contributed by atoms with van der Waals surface area (Å²) in [5, 5.41) is 4.73. The zero-order valence-electron chi connectivity index (χ0n) is 15.3. The summed E-state index contributed by atoms with van der Waals surface area (Å²) in [6.45, 7) is 4.38. The van der Waals surface area contributed by atoms with Gasteiger partial charge < -0.3 is 10.3 Å². The molecule has 4 aromatic rings. The Morgan fingerprint density at radius 2 is 1.96 bits per heavy atom. The molecule has 136 valence electrons. The number of aryl methyl sites for hydroxylation is 2. The first kappa shape index (κ1) is 17.2.